The number of methoxy groups -OCH3 is 2. The van der Waals surface area contributed by atoms with Gasteiger partial charge in [0.1, 0.15) is 4.88 Å². The maximum absolute atomic E-state index is 11.4. The smallest absolute Gasteiger partial charge is 0.347 e. The lowest BCUT2D eigenvalue weighted by atomic mass is 10.1. The maximum atomic E-state index is 11.4. The van der Waals surface area contributed by atoms with Crippen molar-refractivity contribution in [3.63, 3.8) is 0 Å². The summed E-state index contributed by atoms with van der Waals surface area (Å²) in [5.41, 5.74) is 1.54. The first-order chi connectivity index (χ1) is 10.6. The van der Waals surface area contributed by atoms with Gasteiger partial charge in [0.15, 0.2) is 11.5 Å². The van der Waals surface area contributed by atoms with Gasteiger partial charge < -0.3 is 14.6 Å². The van der Waals surface area contributed by atoms with E-state index in [0.29, 0.717) is 28.5 Å². The lowest BCUT2D eigenvalue weighted by Gasteiger charge is -2.09. The molecule has 0 unspecified atom stereocenters. The van der Waals surface area contributed by atoms with E-state index in [0.717, 1.165) is 23.4 Å². The zero-order valence-electron chi connectivity index (χ0n) is 12.9. The van der Waals surface area contributed by atoms with Crippen LogP contribution in [-0.4, -0.2) is 30.3 Å². The van der Waals surface area contributed by atoms with Crippen molar-refractivity contribution in [1.82, 2.24) is 4.98 Å². The normalized spacial score (nSPS) is 10.5. The fourth-order valence-electron chi connectivity index (χ4n) is 2.19. The first-order valence-electron chi connectivity index (χ1n) is 7.01. The summed E-state index contributed by atoms with van der Waals surface area (Å²) in [4.78, 5) is 16.2. The lowest BCUT2D eigenvalue weighted by Crippen LogP contribution is -2.00. The Morgan fingerprint density at radius 3 is 2.59 bits per heavy atom. The highest BCUT2D eigenvalue weighted by atomic mass is 32.1. The molecular formula is C16H19NO4S. The molecule has 1 aromatic heterocycles. The number of carboxylic acids is 1. The molecule has 0 saturated heterocycles. The van der Waals surface area contributed by atoms with Crippen LogP contribution in [0.1, 0.15) is 39.3 Å². The van der Waals surface area contributed by atoms with E-state index in [-0.39, 0.29) is 0 Å². The number of nitrogens with zero attached hydrogens (tertiary/aromatic N) is 1. The third-order valence-electron chi connectivity index (χ3n) is 3.22. The van der Waals surface area contributed by atoms with Crippen molar-refractivity contribution < 1.29 is 19.4 Å². The molecule has 2 aromatic rings. The van der Waals surface area contributed by atoms with Gasteiger partial charge in [-0.15, -0.1) is 11.3 Å². The number of carbonyl (C=O) groups is 1. The summed E-state index contributed by atoms with van der Waals surface area (Å²) < 4.78 is 10.5. The van der Waals surface area contributed by atoms with Crippen LogP contribution in [0, 0.1) is 0 Å². The second kappa shape index (κ2) is 7.26. The summed E-state index contributed by atoms with van der Waals surface area (Å²) in [5.74, 6) is 0.353. The second-order valence-corrected chi connectivity index (χ2v) is 5.89. The van der Waals surface area contributed by atoms with Gasteiger partial charge in [-0.05, 0) is 30.5 Å². The average molecular weight is 321 g/mol. The zero-order chi connectivity index (χ0) is 16.1. The highest BCUT2D eigenvalue weighted by Gasteiger charge is 2.18. The fraction of sp³-hybridized carbons (Fsp3) is 0.375. The van der Waals surface area contributed by atoms with Gasteiger partial charge in [0, 0.05) is 6.42 Å². The van der Waals surface area contributed by atoms with Gasteiger partial charge >= 0.3 is 5.97 Å². The Bertz CT molecular complexity index is 666. The number of benzene rings is 1. The van der Waals surface area contributed by atoms with Crippen LogP contribution >= 0.6 is 11.3 Å². The number of ether oxygens (including phenoxy) is 2. The summed E-state index contributed by atoms with van der Waals surface area (Å²) >= 11 is 1.26. The van der Waals surface area contributed by atoms with E-state index in [1.54, 1.807) is 14.2 Å². The molecule has 1 aromatic carbocycles. The standard InChI is InChI=1S/C16H19NO4S/c1-4-5-14-17-11(15(22-14)16(18)19)8-10-6-7-12(20-2)13(9-10)21-3/h6-7,9H,4-5,8H2,1-3H3,(H,18,19). The zero-order valence-corrected chi connectivity index (χ0v) is 13.7. The van der Waals surface area contributed by atoms with Crippen molar-refractivity contribution in [1.29, 1.82) is 0 Å². The van der Waals surface area contributed by atoms with Crippen LogP contribution in [0.3, 0.4) is 0 Å². The number of hydrogen-bond donors (Lipinski definition) is 1. The maximum Gasteiger partial charge on any atom is 0.347 e. The monoisotopic (exact) mass is 321 g/mol. The minimum Gasteiger partial charge on any atom is -0.493 e. The Morgan fingerprint density at radius 2 is 2.00 bits per heavy atom. The largest absolute Gasteiger partial charge is 0.493 e. The van der Waals surface area contributed by atoms with Gasteiger partial charge in [-0.2, -0.15) is 0 Å². The number of aryl methyl sites for hydroxylation is 1. The summed E-state index contributed by atoms with van der Waals surface area (Å²) in [6.45, 7) is 2.05. The van der Waals surface area contributed by atoms with E-state index in [9.17, 15) is 9.90 Å². The summed E-state index contributed by atoms with van der Waals surface area (Å²) in [5, 5.41) is 10.2. The van der Waals surface area contributed by atoms with E-state index in [1.165, 1.54) is 11.3 Å². The molecule has 0 aliphatic heterocycles. The average Bonchev–Trinajstić information content (AvgIpc) is 2.90. The fourth-order valence-corrected chi connectivity index (χ4v) is 3.21. The third-order valence-corrected chi connectivity index (χ3v) is 4.36. The third kappa shape index (κ3) is 3.57. The Kier molecular flexibility index (Phi) is 5.38. The van der Waals surface area contributed by atoms with Crippen molar-refractivity contribution in [2.24, 2.45) is 0 Å². The molecule has 0 amide bonds. The summed E-state index contributed by atoms with van der Waals surface area (Å²) in [7, 11) is 3.16. The molecule has 118 valence electrons. The molecule has 2 rings (SSSR count). The van der Waals surface area contributed by atoms with Crippen molar-refractivity contribution >= 4 is 17.3 Å². The predicted molar refractivity (Wildman–Crippen MR) is 85.4 cm³/mol. The number of rotatable bonds is 7. The lowest BCUT2D eigenvalue weighted by molar-refractivity contribution is 0.0701. The van der Waals surface area contributed by atoms with Gasteiger partial charge in [-0.1, -0.05) is 13.0 Å². The quantitative estimate of drug-likeness (QED) is 0.846. The molecule has 0 bridgehead atoms. The van der Waals surface area contributed by atoms with Crippen LogP contribution in [0.25, 0.3) is 0 Å². The molecule has 0 fully saturated rings. The molecule has 1 heterocycles. The Labute approximate surface area is 133 Å². The number of thiazole rings is 1. The number of carboxylic acid groups (broad SMARTS) is 1. The van der Waals surface area contributed by atoms with Crippen LogP contribution in [-0.2, 0) is 12.8 Å². The van der Waals surface area contributed by atoms with Gasteiger partial charge in [0.2, 0.25) is 0 Å². The molecule has 0 spiro atoms. The SMILES string of the molecule is CCCc1nc(Cc2ccc(OC)c(OC)c2)c(C(=O)O)s1. The Balaban J connectivity index is 2.31. The van der Waals surface area contributed by atoms with Gasteiger partial charge in [0.25, 0.3) is 0 Å². The molecular weight excluding hydrogens is 302 g/mol. The second-order valence-electron chi connectivity index (χ2n) is 4.80. The van der Waals surface area contributed by atoms with Gasteiger partial charge in [0.05, 0.1) is 24.9 Å². The minimum absolute atomic E-state index is 0.318. The Morgan fingerprint density at radius 1 is 1.27 bits per heavy atom. The molecule has 22 heavy (non-hydrogen) atoms. The first kappa shape index (κ1) is 16.3. The molecule has 0 atom stereocenters. The van der Waals surface area contributed by atoms with Gasteiger partial charge in [-0.25, -0.2) is 9.78 Å². The Hall–Kier alpha value is -2.08. The molecule has 0 radical (unpaired) electrons. The van der Waals surface area contributed by atoms with E-state index in [2.05, 4.69) is 11.9 Å². The highest BCUT2D eigenvalue weighted by Crippen LogP contribution is 2.29. The molecule has 0 aliphatic rings. The number of hydrogen-bond acceptors (Lipinski definition) is 5. The van der Waals surface area contributed by atoms with Crippen LogP contribution in [0.4, 0.5) is 0 Å². The van der Waals surface area contributed by atoms with Crippen molar-refractivity contribution in [3.8, 4) is 11.5 Å². The molecule has 1 N–H and O–H groups in total. The molecule has 5 nitrogen and oxygen atoms in total. The van der Waals surface area contributed by atoms with Crippen molar-refractivity contribution in [2.45, 2.75) is 26.2 Å². The van der Waals surface area contributed by atoms with Crippen molar-refractivity contribution in [3.05, 3.63) is 39.3 Å². The molecule has 0 aliphatic carbocycles. The summed E-state index contributed by atoms with van der Waals surface area (Å²) in [6, 6.07) is 5.56. The van der Waals surface area contributed by atoms with E-state index >= 15 is 0 Å². The van der Waals surface area contributed by atoms with E-state index < -0.39 is 5.97 Å². The summed E-state index contributed by atoms with van der Waals surface area (Å²) in [6.07, 6.45) is 2.21. The van der Waals surface area contributed by atoms with E-state index in [4.69, 9.17) is 9.47 Å². The van der Waals surface area contributed by atoms with Crippen LogP contribution in [0.15, 0.2) is 18.2 Å². The molecule has 0 saturated carbocycles. The van der Waals surface area contributed by atoms with E-state index in [1.807, 2.05) is 18.2 Å². The van der Waals surface area contributed by atoms with Crippen LogP contribution in [0.2, 0.25) is 0 Å². The minimum atomic E-state index is -0.921. The highest BCUT2D eigenvalue weighted by molar-refractivity contribution is 7.13. The predicted octanol–water partition coefficient (Wildman–Crippen LogP) is 3.40. The first-order valence-corrected chi connectivity index (χ1v) is 7.83. The number of aromatic nitrogens is 1. The van der Waals surface area contributed by atoms with Crippen molar-refractivity contribution in [2.75, 3.05) is 14.2 Å². The molecule has 6 heteroatoms. The number of aromatic carboxylic acids is 1. The van der Waals surface area contributed by atoms with Crippen LogP contribution in [0.5, 0.6) is 11.5 Å². The van der Waals surface area contributed by atoms with Gasteiger partial charge in [-0.3, -0.25) is 0 Å². The topological polar surface area (TPSA) is 68.7 Å². The van der Waals surface area contributed by atoms with Crippen LogP contribution < -0.4 is 9.47 Å².